The molecule has 2 atom stereocenters. The fourth-order valence-corrected chi connectivity index (χ4v) is 4.44. The number of pyridine rings is 1. The Morgan fingerprint density at radius 2 is 1.91 bits per heavy atom. The summed E-state index contributed by atoms with van der Waals surface area (Å²) in [4.78, 5) is 54.4. The quantitative estimate of drug-likeness (QED) is 0.582. The lowest BCUT2D eigenvalue weighted by Crippen LogP contribution is -2.48. The zero-order valence-electron chi connectivity index (χ0n) is 18.2. The van der Waals surface area contributed by atoms with Crippen LogP contribution in [0.25, 0.3) is 0 Å². The maximum Gasteiger partial charge on any atom is 0.266 e. The Hall–Kier alpha value is -3.33. The van der Waals surface area contributed by atoms with Gasteiger partial charge in [-0.15, -0.1) is 0 Å². The van der Waals surface area contributed by atoms with Crippen molar-refractivity contribution in [1.82, 2.24) is 20.5 Å². The highest BCUT2D eigenvalue weighted by Gasteiger charge is 2.38. The molecule has 10 heteroatoms. The van der Waals surface area contributed by atoms with Gasteiger partial charge in [0.25, 0.3) is 17.4 Å². The molecule has 2 aromatic rings. The summed E-state index contributed by atoms with van der Waals surface area (Å²) in [6.45, 7) is 2.66. The van der Waals surface area contributed by atoms with Crippen LogP contribution in [0, 0.1) is 6.92 Å². The van der Waals surface area contributed by atoms with E-state index in [1.807, 2.05) is 13.0 Å². The van der Waals surface area contributed by atoms with Crippen molar-refractivity contribution in [2.24, 2.45) is 0 Å². The second-order valence-electron chi connectivity index (χ2n) is 8.26. The molecule has 0 radical (unpaired) electrons. The molecule has 1 saturated heterocycles. The molecule has 2 aliphatic heterocycles. The van der Waals surface area contributed by atoms with Crippen LogP contribution in [0.1, 0.15) is 45.5 Å². The predicted octanol–water partition coefficient (Wildman–Crippen LogP) is 1.64. The van der Waals surface area contributed by atoms with Crippen LogP contribution in [0.15, 0.2) is 35.3 Å². The van der Waals surface area contributed by atoms with Crippen LogP contribution >= 0.6 is 11.6 Å². The van der Waals surface area contributed by atoms with Gasteiger partial charge >= 0.3 is 0 Å². The van der Waals surface area contributed by atoms with Crippen molar-refractivity contribution < 1.29 is 19.1 Å². The summed E-state index contributed by atoms with van der Waals surface area (Å²) >= 11 is 5.92. The van der Waals surface area contributed by atoms with Gasteiger partial charge in [0.1, 0.15) is 17.4 Å². The number of halogens is 1. The first-order valence-electron chi connectivity index (χ1n) is 10.8. The molecule has 3 amide bonds. The Morgan fingerprint density at radius 3 is 2.70 bits per heavy atom. The van der Waals surface area contributed by atoms with E-state index in [1.54, 1.807) is 17.0 Å². The summed E-state index contributed by atoms with van der Waals surface area (Å²) in [7, 11) is 0. The summed E-state index contributed by atoms with van der Waals surface area (Å²) in [6, 6.07) is 5.87. The van der Waals surface area contributed by atoms with Crippen molar-refractivity contribution in [3.05, 3.63) is 62.5 Å². The van der Waals surface area contributed by atoms with Gasteiger partial charge in [-0.2, -0.15) is 0 Å². The molecule has 4 rings (SSSR count). The lowest BCUT2D eigenvalue weighted by Gasteiger charge is -2.30. The molecule has 2 aliphatic rings. The molecule has 1 aromatic carbocycles. The van der Waals surface area contributed by atoms with Gasteiger partial charge in [0.05, 0.1) is 12.1 Å². The topological polar surface area (TPSA) is 121 Å². The van der Waals surface area contributed by atoms with Crippen LogP contribution in [-0.4, -0.2) is 59.4 Å². The van der Waals surface area contributed by atoms with Gasteiger partial charge in [0.15, 0.2) is 0 Å². The Kier molecular flexibility index (Phi) is 6.69. The smallest absolute Gasteiger partial charge is 0.266 e. The minimum atomic E-state index is -0.486. The van der Waals surface area contributed by atoms with Gasteiger partial charge in [0.2, 0.25) is 5.91 Å². The maximum atomic E-state index is 13.4. The van der Waals surface area contributed by atoms with Crippen molar-refractivity contribution in [2.75, 3.05) is 19.7 Å². The summed E-state index contributed by atoms with van der Waals surface area (Å²) < 4.78 is 5.75. The molecule has 174 valence electrons. The number of hydrogen-bond acceptors (Lipinski definition) is 5. The average molecular weight is 473 g/mol. The van der Waals surface area contributed by atoms with Gasteiger partial charge in [-0.1, -0.05) is 17.7 Å². The number of nitrogens with one attached hydrogen (secondary N) is 3. The number of carbonyl (C=O) groups excluding carboxylic acids is 3. The molecule has 1 fully saturated rings. The minimum Gasteiger partial charge on any atom is -0.491 e. The lowest BCUT2D eigenvalue weighted by atomic mass is 10.1. The van der Waals surface area contributed by atoms with Gasteiger partial charge < -0.3 is 25.3 Å². The number of nitrogens with zero attached hydrogens (tertiary/aromatic N) is 1. The van der Waals surface area contributed by atoms with Crippen LogP contribution < -0.4 is 20.9 Å². The van der Waals surface area contributed by atoms with Crippen LogP contribution in [0.3, 0.4) is 0 Å². The molecule has 1 aromatic heterocycles. The summed E-state index contributed by atoms with van der Waals surface area (Å²) in [6.07, 6.45) is 2.68. The molecule has 0 spiro atoms. The maximum absolute atomic E-state index is 13.4. The zero-order valence-corrected chi connectivity index (χ0v) is 18.9. The molecule has 3 heterocycles. The third-order valence-electron chi connectivity index (χ3n) is 6.01. The second kappa shape index (κ2) is 9.66. The van der Waals surface area contributed by atoms with E-state index in [0.29, 0.717) is 30.7 Å². The normalized spacial score (nSPS) is 21.3. The van der Waals surface area contributed by atoms with Crippen molar-refractivity contribution >= 4 is 29.3 Å². The predicted molar refractivity (Wildman–Crippen MR) is 122 cm³/mol. The molecule has 3 N–H and O–H groups in total. The van der Waals surface area contributed by atoms with Gasteiger partial charge in [-0.25, -0.2) is 0 Å². The summed E-state index contributed by atoms with van der Waals surface area (Å²) in [5.74, 6) is -0.231. The van der Waals surface area contributed by atoms with Crippen molar-refractivity contribution in [1.29, 1.82) is 0 Å². The van der Waals surface area contributed by atoms with E-state index in [0.717, 1.165) is 5.56 Å². The number of aromatic nitrogens is 1. The molecule has 4 bridgehead atoms. The number of carbonyl (C=O) groups is 3. The number of aromatic amines is 1. The minimum absolute atomic E-state index is 0.0900. The standard InChI is InChI=1S/C23H25ClN4O5/c1-13-2-3-14-9-19(13)33-7-6-25-20(29)10-16-4-5-17(12-27-21(14)30)28(16)23(32)15-8-18(24)22(31)26-11-15/h2-3,8-9,11,16-17H,4-7,10,12H2,1H3,(H,25,29)(H,26,31)(H,27,30)/t16-,17+/m0/s1. The van der Waals surface area contributed by atoms with E-state index in [4.69, 9.17) is 16.3 Å². The Labute approximate surface area is 195 Å². The van der Waals surface area contributed by atoms with E-state index in [1.165, 1.54) is 12.3 Å². The zero-order chi connectivity index (χ0) is 23.5. The fourth-order valence-electron chi connectivity index (χ4n) is 4.27. The molecular weight excluding hydrogens is 448 g/mol. The van der Waals surface area contributed by atoms with Gasteiger partial charge in [0, 0.05) is 36.8 Å². The van der Waals surface area contributed by atoms with E-state index >= 15 is 0 Å². The first-order valence-corrected chi connectivity index (χ1v) is 11.2. The highest BCUT2D eigenvalue weighted by atomic mass is 35.5. The highest BCUT2D eigenvalue weighted by Crippen LogP contribution is 2.29. The van der Waals surface area contributed by atoms with Crippen LogP contribution in [0.2, 0.25) is 5.02 Å². The highest BCUT2D eigenvalue weighted by molar-refractivity contribution is 6.30. The average Bonchev–Trinajstić information content (AvgIpc) is 3.18. The van der Waals surface area contributed by atoms with Crippen molar-refractivity contribution in [3.8, 4) is 5.75 Å². The third kappa shape index (κ3) is 5.03. The molecule has 0 aliphatic carbocycles. The second-order valence-corrected chi connectivity index (χ2v) is 8.66. The number of aryl methyl sites for hydroxylation is 1. The molecule has 0 unspecified atom stereocenters. The van der Waals surface area contributed by atoms with Crippen LogP contribution in [0.5, 0.6) is 5.75 Å². The number of fused-ring (bicyclic) bond motifs is 4. The Balaban J connectivity index is 1.62. The lowest BCUT2D eigenvalue weighted by molar-refractivity contribution is -0.122. The van der Waals surface area contributed by atoms with E-state index in [2.05, 4.69) is 15.6 Å². The third-order valence-corrected chi connectivity index (χ3v) is 6.29. The number of benzene rings is 1. The number of hydrogen-bond donors (Lipinski definition) is 3. The van der Waals surface area contributed by atoms with Gasteiger partial charge in [-0.3, -0.25) is 19.2 Å². The van der Waals surface area contributed by atoms with Gasteiger partial charge in [-0.05, 0) is 43.5 Å². The van der Waals surface area contributed by atoms with Crippen molar-refractivity contribution in [3.63, 3.8) is 0 Å². The molecule has 33 heavy (non-hydrogen) atoms. The number of ether oxygens (including phenoxy) is 1. The van der Waals surface area contributed by atoms with E-state index < -0.39 is 5.56 Å². The Morgan fingerprint density at radius 1 is 1.12 bits per heavy atom. The summed E-state index contributed by atoms with van der Waals surface area (Å²) in [5, 5.41) is 5.65. The Bertz CT molecular complexity index is 1150. The molecular formula is C23H25ClN4O5. The summed E-state index contributed by atoms with van der Waals surface area (Å²) in [5.41, 5.74) is 1.07. The number of H-pyrrole nitrogens is 1. The molecule has 9 nitrogen and oxygen atoms in total. The monoisotopic (exact) mass is 472 g/mol. The largest absolute Gasteiger partial charge is 0.491 e. The van der Waals surface area contributed by atoms with E-state index in [-0.39, 0.29) is 60.0 Å². The number of amides is 3. The number of rotatable bonds is 1. The fraction of sp³-hybridized carbons (Fsp3) is 0.391. The first kappa shape index (κ1) is 22.8. The molecule has 0 saturated carbocycles. The van der Waals surface area contributed by atoms with Crippen LogP contribution in [-0.2, 0) is 4.79 Å². The SMILES string of the molecule is Cc1ccc2cc1OCCNC(=O)C[C@@H]1CC[C@H](CNC2=O)N1C(=O)c1c[nH]c(=O)c(Cl)c1. The van der Waals surface area contributed by atoms with E-state index in [9.17, 15) is 19.2 Å². The van der Waals surface area contributed by atoms with Crippen molar-refractivity contribution in [2.45, 2.75) is 38.3 Å². The first-order chi connectivity index (χ1) is 15.8. The van der Waals surface area contributed by atoms with Crippen LogP contribution in [0.4, 0.5) is 0 Å².